The number of hydrogen-bond donors (Lipinski definition) is 0. The van der Waals surface area contributed by atoms with Gasteiger partial charge in [0.05, 0.1) is 18.8 Å². The fraction of sp³-hybridized carbons (Fsp3) is 0.636. The van der Waals surface area contributed by atoms with Crippen molar-refractivity contribution in [2.75, 3.05) is 19.8 Å². The van der Waals surface area contributed by atoms with Gasteiger partial charge in [0, 0.05) is 13.5 Å². The second-order valence-electron chi connectivity index (χ2n) is 7.92. The standard InChI is InChI=1S/C22H31NO4/c1-16-12-13-23(22(25)15-26-17(2)24)21(16)14-27-20-10-8-19(9-11-20)18-6-4-3-5-7-18/h3-7,16,19-21H,8-15H2,1-2H3/t16-,19-,20+,21-/m0/s1. The second-order valence-corrected chi connectivity index (χ2v) is 7.92. The SMILES string of the molecule is CC(=O)OCC(=O)N1CC[C@H](C)[C@@H]1CO[C@H]1CC[C@@H](c2ccccc2)CC1. The molecule has 27 heavy (non-hydrogen) atoms. The third-order valence-corrected chi connectivity index (χ3v) is 6.05. The van der Waals surface area contributed by atoms with E-state index in [1.807, 2.05) is 4.90 Å². The zero-order valence-corrected chi connectivity index (χ0v) is 16.4. The van der Waals surface area contributed by atoms with Crippen LogP contribution >= 0.6 is 0 Å². The van der Waals surface area contributed by atoms with Crippen molar-refractivity contribution >= 4 is 11.9 Å². The molecule has 5 heteroatoms. The lowest BCUT2D eigenvalue weighted by molar-refractivity contribution is -0.151. The van der Waals surface area contributed by atoms with Gasteiger partial charge in [-0.05, 0) is 49.5 Å². The van der Waals surface area contributed by atoms with Crippen LogP contribution in [0, 0.1) is 5.92 Å². The summed E-state index contributed by atoms with van der Waals surface area (Å²) in [5, 5.41) is 0. The molecule has 2 aliphatic rings. The first-order valence-electron chi connectivity index (χ1n) is 10.1. The van der Waals surface area contributed by atoms with Gasteiger partial charge in [0.1, 0.15) is 0 Å². The Morgan fingerprint density at radius 3 is 2.44 bits per heavy atom. The van der Waals surface area contributed by atoms with Gasteiger partial charge in [-0.15, -0.1) is 0 Å². The van der Waals surface area contributed by atoms with Crippen LogP contribution in [0.15, 0.2) is 30.3 Å². The van der Waals surface area contributed by atoms with Gasteiger partial charge >= 0.3 is 5.97 Å². The summed E-state index contributed by atoms with van der Waals surface area (Å²) in [5.74, 6) is 0.514. The minimum Gasteiger partial charge on any atom is -0.456 e. The summed E-state index contributed by atoms with van der Waals surface area (Å²) < 4.78 is 11.1. The van der Waals surface area contributed by atoms with Crippen LogP contribution in [0.1, 0.15) is 57.4 Å². The highest BCUT2D eigenvalue weighted by atomic mass is 16.5. The second kappa shape index (κ2) is 9.36. The van der Waals surface area contributed by atoms with E-state index in [0.717, 1.165) is 38.6 Å². The van der Waals surface area contributed by atoms with E-state index in [1.165, 1.54) is 12.5 Å². The highest BCUT2D eigenvalue weighted by molar-refractivity contribution is 5.80. The molecular weight excluding hydrogens is 342 g/mol. The van der Waals surface area contributed by atoms with Gasteiger partial charge in [-0.2, -0.15) is 0 Å². The topological polar surface area (TPSA) is 55.8 Å². The number of benzene rings is 1. The van der Waals surface area contributed by atoms with Gasteiger partial charge in [0.25, 0.3) is 5.91 Å². The largest absolute Gasteiger partial charge is 0.456 e. The van der Waals surface area contributed by atoms with Crippen molar-refractivity contribution in [3.8, 4) is 0 Å². The summed E-state index contributed by atoms with van der Waals surface area (Å²) in [6.07, 6.45) is 5.71. The zero-order chi connectivity index (χ0) is 19.2. The molecule has 1 amide bonds. The maximum Gasteiger partial charge on any atom is 0.303 e. The monoisotopic (exact) mass is 373 g/mol. The summed E-state index contributed by atoms with van der Waals surface area (Å²) >= 11 is 0. The number of ether oxygens (including phenoxy) is 2. The van der Waals surface area contributed by atoms with Crippen molar-refractivity contribution in [3.63, 3.8) is 0 Å². The molecule has 0 bridgehead atoms. The first-order chi connectivity index (χ1) is 13.0. The van der Waals surface area contributed by atoms with Crippen molar-refractivity contribution in [2.24, 2.45) is 5.92 Å². The van der Waals surface area contributed by atoms with Gasteiger partial charge in [0.2, 0.25) is 0 Å². The Morgan fingerprint density at radius 2 is 1.78 bits per heavy atom. The van der Waals surface area contributed by atoms with Gasteiger partial charge in [-0.25, -0.2) is 0 Å². The summed E-state index contributed by atoms with van der Waals surface area (Å²) in [6.45, 7) is 4.62. The predicted molar refractivity (Wildman–Crippen MR) is 103 cm³/mol. The Labute approximate surface area is 162 Å². The molecule has 2 atom stereocenters. The molecule has 1 aromatic rings. The number of hydrogen-bond acceptors (Lipinski definition) is 4. The van der Waals surface area contributed by atoms with Crippen LogP contribution in [0.2, 0.25) is 0 Å². The van der Waals surface area contributed by atoms with Crippen molar-refractivity contribution in [1.29, 1.82) is 0 Å². The lowest BCUT2D eigenvalue weighted by atomic mass is 9.83. The maximum absolute atomic E-state index is 12.3. The lowest BCUT2D eigenvalue weighted by Gasteiger charge is -2.32. The van der Waals surface area contributed by atoms with Crippen molar-refractivity contribution in [3.05, 3.63) is 35.9 Å². The Hall–Kier alpha value is -1.88. The minimum absolute atomic E-state index is 0.0832. The average molecular weight is 373 g/mol. The third kappa shape index (κ3) is 5.32. The fourth-order valence-electron chi connectivity index (χ4n) is 4.34. The molecule has 2 fully saturated rings. The average Bonchev–Trinajstić information content (AvgIpc) is 3.06. The highest BCUT2D eigenvalue weighted by Gasteiger charge is 2.35. The molecule has 0 N–H and O–H groups in total. The Bertz CT molecular complexity index is 624. The lowest BCUT2D eigenvalue weighted by Crippen LogP contribution is -2.43. The zero-order valence-electron chi connectivity index (χ0n) is 16.4. The first kappa shape index (κ1) is 19.9. The number of esters is 1. The normalized spacial score (nSPS) is 28.1. The van der Waals surface area contributed by atoms with Gasteiger partial charge in [-0.1, -0.05) is 37.3 Å². The Kier molecular flexibility index (Phi) is 6.89. The number of amides is 1. The van der Waals surface area contributed by atoms with E-state index in [1.54, 1.807) is 0 Å². The number of nitrogens with zero attached hydrogens (tertiary/aromatic N) is 1. The highest BCUT2D eigenvalue weighted by Crippen LogP contribution is 2.34. The molecule has 0 unspecified atom stereocenters. The van der Waals surface area contributed by atoms with Crippen LogP contribution in [0.25, 0.3) is 0 Å². The molecule has 1 saturated carbocycles. The summed E-state index contributed by atoms with van der Waals surface area (Å²) in [5.41, 5.74) is 1.43. The molecule has 1 heterocycles. The smallest absolute Gasteiger partial charge is 0.303 e. The third-order valence-electron chi connectivity index (χ3n) is 6.05. The molecule has 1 saturated heterocycles. The van der Waals surface area contributed by atoms with E-state index < -0.39 is 5.97 Å². The minimum atomic E-state index is -0.418. The summed E-state index contributed by atoms with van der Waals surface area (Å²) in [4.78, 5) is 25.1. The number of carbonyl (C=O) groups excluding carboxylic acids is 2. The maximum atomic E-state index is 12.3. The van der Waals surface area contributed by atoms with Gasteiger partial charge in [0.15, 0.2) is 6.61 Å². The van der Waals surface area contributed by atoms with E-state index in [-0.39, 0.29) is 24.7 Å². The molecule has 3 rings (SSSR count). The summed E-state index contributed by atoms with van der Waals surface area (Å²) in [6, 6.07) is 10.8. The van der Waals surface area contributed by atoms with E-state index >= 15 is 0 Å². The number of likely N-dealkylation sites (tertiary alicyclic amines) is 1. The van der Waals surface area contributed by atoms with Crippen LogP contribution < -0.4 is 0 Å². The van der Waals surface area contributed by atoms with Crippen LogP contribution in [0.5, 0.6) is 0 Å². The van der Waals surface area contributed by atoms with Gasteiger partial charge < -0.3 is 14.4 Å². The predicted octanol–water partition coefficient (Wildman–Crippen LogP) is 3.53. The van der Waals surface area contributed by atoms with Crippen LogP contribution in [0.4, 0.5) is 0 Å². The van der Waals surface area contributed by atoms with Crippen molar-refractivity contribution in [1.82, 2.24) is 4.90 Å². The van der Waals surface area contributed by atoms with Gasteiger partial charge in [-0.3, -0.25) is 9.59 Å². The molecule has 0 spiro atoms. The Morgan fingerprint density at radius 1 is 1.07 bits per heavy atom. The molecule has 1 aromatic carbocycles. The summed E-state index contributed by atoms with van der Waals surface area (Å²) in [7, 11) is 0. The number of rotatable bonds is 6. The number of carbonyl (C=O) groups is 2. The van der Waals surface area contributed by atoms with E-state index in [2.05, 4.69) is 37.3 Å². The van der Waals surface area contributed by atoms with E-state index in [0.29, 0.717) is 18.4 Å². The fourth-order valence-corrected chi connectivity index (χ4v) is 4.34. The van der Waals surface area contributed by atoms with Crippen LogP contribution in [-0.4, -0.2) is 48.7 Å². The molecule has 148 valence electrons. The quantitative estimate of drug-likeness (QED) is 0.716. The van der Waals surface area contributed by atoms with Crippen molar-refractivity contribution < 1.29 is 19.1 Å². The molecule has 1 aliphatic carbocycles. The molecule has 0 aromatic heterocycles. The Balaban J connectivity index is 1.46. The van der Waals surface area contributed by atoms with Crippen LogP contribution in [-0.2, 0) is 19.1 Å². The van der Waals surface area contributed by atoms with Crippen molar-refractivity contribution in [2.45, 2.75) is 64.0 Å². The molecule has 0 radical (unpaired) electrons. The van der Waals surface area contributed by atoms with Crippen LogP contribution in [0.3, 0.4) is 0 Å². The molecular formula is C22H31NO4. The first-order valence-corrected chi connectivity index (χ1v) is 10.1. The molecule has 5 nitrogen and oxygen atoms in total. The van der Waals surface area contributed by atoms with E-state index in [9.17, 15) is 9.59 Å². The molecule has 1 aliphatic heterocycles. The van der Waals surface area contributed by atoms with E-state index in [4.69, 9.17) is 9.47 Å².